The van der Waals surface area contributed by atoms with Crippen LogP contribution in [-0.2, 0) is 4.74 Å². The van der Waals surface area contributed by atoms with E-state index in [0.29, 0.717) is 6.10 Å². The fourth-order valence-electron chi connectivity index (χ4n) is 1.38. The molecule has 0 N–H and O–H groups in total. The Hall–Kier alpha value is 0.650. The van der Waals surface area contributed by atoms with E-state index in [2.05, 4.69) is 34.4 Å². The van der Waals surface area contributed by atoms with Crippen LogP contribution in [0.2, 0.25) is 0 Å². The summed E-state index contributed by atoms with van der Waals surface area (Å²) in [5, 5.41) is 0. The fraction of sp³-hybridized carbons (Fsp3) is 1.00. The number of halogens is 1. The maximum absolute atomic E-state index is 5.44. The van der Waals surface area contributed by atoms with Crippen molar-refractivity contribution in [2.45, 2.75) is 19.4 Å². The van der Waals surface area contributed by atoms with Gasteiger partial charge in [-0.3, -0.25) is 4.90 Å². The van der Waals surface area contributed by atoms with E-state index < -0.39 is 0 Å². The molecule has 0 aliphatic carbocycles. The van der Waals surface area contributed by atoms with Crippen LogP contribution in [0.3, 0.4) is 0 Å². The molecule has 2 nitrogen and oxygen atoms in total. The molecular formula is C8H16INO. The topological polar surface area (TPSA) is 12.5 Å². The minimum Gasteiger partial charge on any atom is -0.376 e. The molecule has 1 rings (SSSR count). The molecule has 1 saturated heterocycles. The molecule has 0 unspecified atom stereocenters. The second-order valence-electron chi connectivity index (χ2n) is 3.02. The van der Waals surface area contributed by atoms with E-state index >= 15 is 0 Å². The van der Waals surface area contributed by atoms with Crippen LogP contribution in [0.5, 0.6) is 0 Å². The second kappa shape index (κ2) is 5.32. The Balaban J connectivity index is 2.12. The number of ether oxygens (including phenoxy) is 1. The molecule has 0 aromatic heterocycles. The predicted octanol–water partition coefficient (Wildman–Crippen LogP) is 1.53. The summed E-state index contributed by atoms with van der Waals surface area (Å²) in [5.41, 5.74) is 0. The highest BCUT2D eigenvalue weighted by molar-refractivity contribution is 14.1. The van der Waals surface area contributed by atoms with Gasteiger partial charge in [0.25, 0.3) is 0 Å². The van der Waals surface area contributed by atoms with E-state index in [4.69, 9.17) is 4.74 Å². The van der Waals surface area contributed by atoms with Crippen LogP contribution in [0, 0.1) is 0 Å². The lowest BCUT2D eigenvalue weighted by Crippen LogP contribution is -2.41. The van der Waals surface area contributed by atoms with Crippen LogP contribution in [0.1, 0.15) is 13.3 Å². The van der Waals surface area contributed by atoms with E-state index in [9.17, 15) is 0 Å². The quantitative estimate of drug-likeness (QED) is 0.569. The van der Waals surface area contributed by atoms with E-state index in [0.717, 1.165) is 19.7 Å². The Morgan fingerprint density at radius 3 is 3.09 bits per heavy atom. The van der Waals surface area contributed by atoms with Crippen molar-refractivity contribution in [1.29, 1.82) is 0 Å². The maximum Gasteiger partial charge on any atom is 0.0674 e. The van der Waals surface area contributed by atoms with Gasteiger partial charge in [0, 0.05) is 17.5 Å². The van der Waals surface area contributed by atoms with Gasteiger partial charge in [-0.05, 0) is 19.9 Å². The molecule has 0 radical (unpaired) electrons. The normalized spacial score (nSPS) is 27.3. The molecule has 1 aliphatic rings. The van der Waals surface area contributed by atoms with Crippen LogP contribution >= 0.6 is 22.6 Å². The molecule has 66 valence electrons. The summed E-state index contributed by atoms with van der Waals surface area (Å²) in [7, 11) is 0. The highest BCUT2D eigenvalue weighted by Gasteiger charge is 2.15. The van der Waals surface area contributed by atoms with E-state index in [1.165, 1.54) is 17.4 Å². The average molecular weight is 269 g/mol. The van der Waals surface area contributed by atoms with Crippen LogP contribution in [0.15, 0.2) is 0 Å². The molecule has 1 aliphatic heterocycles. The molecule has 0 spiro atoms. The first-order valence-electron chi connectivity index (χ1n) is 4.23. The lowest BCUT2D eigenvalue weighted by Gasteiger charge is -2.30. The van der Waals surface area contributed by atoms with Gasteiger partial charge in [0.2, 0.25) is 0 Å². The SMILES string of the molecule is C[C@H]1CN(CCCI)CCO1. The Morgan fingerprint density at radius 1 is 1.64 bits per heavy atom. The Bertz CT molecular complexity index is 110. The van der Waals surface area contributed by atoms with Gasteiger partial charge in [0.05, 0.1) is 12.7 Å². The summed E-state index contributed by atoms with van der Waals surface area (Å²) in [6, 6.07) is 0. The molecule has 0 saturated carbocycles. The van der Waals surface area contributed by atoms with Gasteiger partial charge < -0.3 is 4.74 Å². The minimum absolute atomic E-state index is 0.443. The number of morpholine rings is 1. The van der Waals surface area contributed by atoms with Crippen molar-refractivity contribution in [1.82, 2.24) is 4.90 Å². The van der Waals surface area contributed by atoms with Crippen molar-refractivity contribution in [3.63, 3.8) is 0 Å². The zero-order chi connectivity index (χ0) is 8.10. The number of rotatable bonds is 3. The molecule has 0 amide bonds. The third-order valence-corrected chi connectivity index (χ3v) is 2.70. The summed E-state index contributed by atoms with van der Waals surface area (Å²) in [5.74, 6) is 0. The highest BCUT2D eigenvalue weighted by Crippen LogP contribution is 2.04. The zero-order valence-electron chi connectivity index (χ0n) is 7.05. The molecule has 1 heterocycles. The molecule has 1 fully saturated rings. The van der Waals surface area contributed by atoms with Crippen molar-refractivity contribution in [3.05, 3.63) is 0 Å². The lowest BCUT2D eigenvalue weighted by atomic mass is 10.3. The summed E-state index contributed by atoms with van der Waals surface area (Å²) >= 11 is 2.43. The summed E-state index contributed by atoms with van der Waals surface area (Å²) in [4.78, 5) is 2.49. The van der Waals surface area contributed by atoms with E-state index in [1.54, 1.807) is 0 Å². The largest absolute Gasteiger partial charge is 0.376 e. The number of hydrogen-bond acceptors (Lipinski definition) is 2. The van der Waals surface area contributed by atoms with Crippen LogP contribution in [0.25, 0.3) is 0 Å². The lowest BCUT2D eigenvalue weighted by molar-refractivity contribution is -0.0179. The van der Waals surface area contributed by atoms with Gasteiger partial charge in [-0.1, -0.05) is 22.6 Å². The van der Waals surface area contributed by atoms with Gasteiger partial charge >= 0.3 is 0 Å². The van der Waals surface area contributed by atoms with Crippen molar-refractivity contribution in [2.24, 2.45) is 0 Å². The Morgan fingerprint density at radius 2 is 2.45 bits per heavy atom. The van der Waals surface area contributed by atoms with E-state index in [-0.39, 0.29) is 0 Å². The Labute approximate surface area is 82.4 Å². The smallest absolute Gasteiger partial charge is 0.0674 e. The number of hydrogen-bond donors (Lipinski definition) is 0. The van der Waals surface area contributed by atoms with Crippen LogP contribution in [-0.4, -0.2) is 41.7 Å². The van der Waals surface area contributed by atoms with Crippen LogP contribution < -0.4 is 0 Å². The fourth-order valence-corrected chi connectivity index (χ4v) is 1.72. The first kappa shape index (κ1) is 9.74. The third kappa shape index (κ3) is 3.71. The highest BCUT2D eigenvalue weighted by atomic mass is 127. The zero-order valence-corrected chi connectivity index (χ0v) is 9.21. The van der Waals surface area contributed by atoms with E-state index in [1.807, 2.05) is 0 Å². The first-order chi connectivity index (χ1) is 5.33. The predicted molar refractivity (Wildman–Crippen MR) is 55.4 cm³/mol. The number of alkyl halides is 1. The molecule has 1 atom stereocenters. The van der Waals surface area contributed by atoms with Gasteiger partial charge in [-0.25, -0.2) is 0 Å². The Kier molecular flexibility index (Phi) is 4.71. The van der Waals surface area contributed by atoms with Crippen molar-refractivity contribution in [2.75, 3.05) is 30.7 Å². The number of nitrogens with zero attached hydrogens (tertiary/aromatic N) is 1. The standard InChI is InChI=1S/C8H16INO/c1-8-7-10(4-2-3-9)5-6-11-8/h8H,2-7H2,1H3/t8-/m0/s1. The summed E-state index contributed by atoms with van der Waals surface area (Å²) < 4.78 is 6.71. The van der Waals surface area contributed by atoms with Gasteiger partial charge in [0.15, 0.2) is 0 Å². The second-order valence-corrected chi connectivity index (χ2v) is 4.10. The molecule has 11 heavy (non-hydrogen) atoms. The van der Waals surface area contributed by atoms with Crippen molar-refractivity contribution in [3.8, 4) is 0 Å². The molecular weight excluding hydrogens is 253 g/mol. The maximum atomic E-state index is 5.44. The van der Waals surface area contributed by atoms with Crippen LogP contribution in [0.4, 0.5) is 0 Å². The summed E-state index contributed by atoms with van der Waals surface area (Å²) in [6.45, 7) is 6.56. The van der Waals surface area contributed by atoms with Crippen molar-refractivity contribution < 1.29 is 4.74 Å². The third-order valence-electron chi connectivity index (χ3n) is 1.93. The van der Waals surface area contributed by atoms with Crippen molar-refractivity contribution >= 4 is 22.6 Å². The first-order valence-corrected chi connectivity index (χ1v) is 5.75. The summed E-state index contributed by atoms with van der Waals surface area (Å²) in [6.07, 6.45) is 1.76. The van der Waals surface area contributed by atoms with Gasteiger partial charge in [-0.15, -0.1) is 0 Å². The molecule has 0 bridgehead atoms. The molecule has 0 aromatic carbocycles. The molecule has 0 aromatic rings. The minimum atomic E-state index is 0.443. The average Bonchev–Trinajstić information content (AvgIpc) is 2.01. The van der Waals surface area contributed by atoms with Gasteiger partial charge in [-0.2, -0.15) is 0 Å². The molecule has 3 heteroatoms. The monoisotopic (exact) mass is 269 g/mol. The van der Waals surface area contributed by atoms with Gasteiger partial charge in [0.1, 0.15) is 0 Å².